The number of aromatic nitrogens is 1. The van der Waals surface area contributed by atoms with E-state index in [2.05, 4.69) is 9.69 Å². The van der Waals surface area contributed by atoms with Gasteiger partial charge in [0, 0.05) is 13.7 Å². The maximum atomic E-state index is 11.0. The highest BCUT2D eigenvalue weighted by Gasteiger charge is 2.15. The Kier molecular flexibility index (Phi) is 3.66. The van der Waals surface area contributed by atoms with E-state index in [1.165, 1.54) is 0 Å². The number of hydrogen-bond acceptors (Lipinski definition) is 6. The number of carbonyl (C=O) groups is 1. The van der Waals surface area contributed by atoms with Crippen molar-refractivity contribution < 1.29 is 9.53 Å². The van der Waals surface area contributed by atoms with E-state index < -0.39 is 5.91 Å². The molecule has 14 heavy (non-hydrogen) atoms. The van der Waals surface area contributed by atoms with Gasteiger partial charge in [0.15, 0.2) is 5.82 Å². The van der Waals surface area contributed by atoms with Crippen LogP contribution in [0.1, 0.15) is 10.4 Å². The van der Waals surface area contributed by atoms with Gasteiger partial charge >= 0.3 is 0 Å². The highest BCUT2D eigenvalue weighted by atomic mass is 32.1. The van der Waals surface area contributed by atoms with Crippen LogP contribution in [-0.4, -0.2) is 30.5 Å². The second-order valence-corrected chi connectivity index (χ2v) is 3.33. The summed E-state index contributed by atoms with van der Waals surface area (Å²) in [7, 11) is 1.59. The number of nitrogens with one attached hydrogen (secondary N) is 1. The number of carbonyl (C=O) groups excluding carboxylic acids is 1. The number of anilines is 2. The van der Waals surface area contributed by atoms with Crippen molar-refractivity contribution in [1.82, 2.24) is 4.37 Å². The molecule has 0 unspecified atom stereocenters. The zero-order valence-electron chi connectivity index (χ0n) is 7.74. The van der Waals surface area contributed by atoms with E-state index in [4.69, 9.17) is 16.2 Å². The molecule has 1 aromatic heterocycles. The number of nitrogens with two attached hydrogens (primary N) is 2. The minimum Gasteiger partial charge on any atom is -0.383 e. The summed E-state index contributed by atoms with van der Waals surface area (Å²) in [5, 5.41) is 3.56. The number of amides is 1. The lowest BCUT2D eigenvalue weighted by molar-refractivity contribution is 0.100. The maximum absolute atomic E-state index is 11.0. The van der Waals surface area contributed by atoms with Crippen LogP contribution in [0.2, 0.25) is 0 Å². The van der Waals surface area contributed by atoms with E-state index in [9.17, 15) is 4.79 Å². The molecule has 1 amide bonds. The quantitative estimate of drug-likeness (QED) is 0.595. The Bertz CT molecular complexity index is 325. The zero-order valence-corrected chi connectivity index (χ0v) is 8.56. The molecule has 0 atom stereocenters. The van der Waals surface area contributed by atoms with Gasteiger partial charge in [-0.15, -0.1) is 0 Å². The van der Waals surface area contributed by atoms with Crippen LogP contribution in [-0.2, 0) is 4.74 Å². The number of nitrogen functional groups attached to an aromatic ring is 1. The Morgan fingerprint density at radius 3 is 3.00 bits per heavy atom. The minimum absolute atomic E-state index is 0.169. The van der Waals surface area contributed by atoms with Crippen LogP contribution in [0.25, 0.3) is 0 Å². The summed E-state index contributed by atoms with van der Waals surface area (Å²) < 4.78 is 8.68. The van der Waals surface area contributed by atoms with Crippen molar-refractivity contribution in [3.05, 3.63) is 5.56 Å². The van der Waals surface area contributed by atoms with Crippen molar-refractivity contribution in [3.8, 4) is 0 Å². The molecular weight excluding hydrogens is 204 g/mol. The molecule has 1 heterocycles. The van der Waals surface area contributed by atoms with Crippen LogP contribution in [0.4, 0.5) is 10.8 Å². The molecule has 1 rings (SSSR count). The highest BCUT2D eigenvalue weighted by Crippen LogP contribution is 2.25. The molecule has 0 spiro atoms. The van der Waals surface area contributed by atoms with Crippen molar-refractivity contribution in [2.45, 2.75) is 0 Å². The van der Waals surface area contributed by atoms with Gasteiger partial charge in [0.1, 0.15) is 10.6 Å². The third-order valence-electron chi connectivity index (χ3n) is 1.56. The average Bonchev–Trinajstić information content (AvgIpc) is 2.47. The summed E-state index contributed by atoms with van der Waals surface area (Å²) in [6.07, 6.45) is 0. The van der Waals surface area contributed by atoms with Crippen LogP contribution in [0.3, 0.4) is 0 Å². The zero-order chi connectivity index (χ0) is 10.6. The van der Waals surface area contributed by atoms with E-state index in [1.54, 1.807) is 7.11 Å². The standard InChI is InChI=1S/C7H12N4O2S/c1-13-3-2-10-7-4(6(9)12)5(8)11-14-7/h10H,2-3H2,1H3,(H2,8,11)(H2,9,12). The van der Waals surface area contributed by atoms with Gasteiger partial charge in [0.2, 0.25) is 0 Å². The van der Waals surface area contributed by atoms with E-state index in [1.807, 2.05) is 0 Å². The molecule has 0 aliphatic rings. The molecule has 0 aliphatic heterocycles. The van der Waals surface area contributed by atoms with Crippen molar-refractivity contribution in [3.63, 3.8) is 0 Å². The topological polar surface area (TPSA) is 103 Å². The van der Waals surface area contributed by atoms with Gasteiger partial charge in [0.25, 0.3) is 5.91 Å². The van der Waals surface area contributed by atoms with Crippen molar-refractivity contribution >= 4 is 28.3 Å². The molecule has 7 heteroatoms. The predicted octanol–water partition coefficient (Wildman–Crippen LogP) is -0.118. The lowest BCUT2D eigenvalue weighted by atomic mass is 10.3. The fourth-order valence-electron chi connectivity index (χ4n) is 0.928. The van der Waals surface area contributed by atoms with Gasteiger partial charge in [-0.05, 0) is 11.5 Å². The van der Waals surface area contributed by atoms with Gasteiger partial charge in [-0.25, -0.2) is 0 Å². The van der Waals surface area contributed by atoms with Crippen LogP contribution < -0.4 is 16.8 Å². The first-order valence-corrected chi connectivity index (χ1v) is 4.72. The molecule has 0 saturated heterocycles. The molecule has 0 aromatic carbocycles. The van der Waals surface area contributed by atoms with Gasteiger partial charge < -0.3 is 21.5 Å². The number of rotatable bonds is 5. The molecule has 1 aromatic rings. The molecule has 0 saturated carbocycles. The average molecular weight is 216 g/mol. The van der Waals surface area contributed by atoms with E-state index in [-0.39, 0.29) is 11.4 Å². The third kappa shape index (κ3) is 2.33. The SMILES string of the molecule is COCCNc1snc(N)c1C(N)=O. The first-order valence-electron chi connectivity index (χ1n) is 3.94. The Morgan fingerprint density at radius 1 is 1.71 bits per heavy atom. The summed E-state index contributed by atoms with van der Waals surface area (Å²) in [4.78, 5) is 11.0. The lowest BCUT2D eigenvalue weighted by Crippen LogP contribution is -2.16. The lowest BCUT2D eigenvalue weighted by Gasteiger charge is -2.03. The molecule has 78 valence electrons. The van der Waals surface area contributed by atoms with Crippen molar-refractivity contribution in [1.29, 1.82) is 0 Å². The maximum Gasteiger partial charge on any atom is 0.255 e. The smallest absolute Gasteiger partial charge is 0.255 e. The summed E-state index contributed by atoms with van der Waals surface area (Å²) in [6.45, 7) is 1.12. The molecule has 0 bridgehead atoms. The molecular formula is C7H12N4O2S. The Morgan fingerprint density at radius 2 is 2.43 bits per heavy atom. The Labute approximate surface area is 85.4 Å². The first kappa shape index (κ1) is 10.7. The predicted molar refractivity (Wildman–Crippen MR) is 55.4 cm³/mol. The fraction of sp³-hybridized carbons (Fsp3) is 0.429. The van der Waals surface area contributed by atoms with Crippen LogP contribution >= 0.6 is 11.5 Å². The summed E-state index contributed by atoms with van der Waals surface area (Å²) in [5.41, 5.74) is 10.9. The molecule has 0 aliphatic carbocycles. The number of hydrogen-bond donors (Lipinski definition) is 3. The van der Waals surface area contributed by atoms with Crippen LogP contribution in [0.15, 0.2) is 0 Å². The molecule has 5 N–H and O–H groups in total. The fourth-order valence-corrected chi connectivity index (χ4v) is 1.67. The number of methoxy groups -OCH3 is 1. The minimum atomic E-state index is -0.573. The van der Waals surface area contributed by atoms with Gasteiger partial charge in [-0.1, -0.05) is 0 Å². The Balaban J connectivity index is 2.71. The van der Waals surface area contributed by atoms with E-state index >= 15 is 0 Å². The van der Waals surface area contributed by atoms with Gasteiger partial charge in [-0.2, -0.15) is 4.37 Å². The second kappa shape index (κ2) is 4.77. The normalized spacial score (nSPS) is 10.1. The van der Waals surface area contributed by atoms with Crippen molar-refractivity contribution in [2.75, 3.05) is 31.3 Å². The monoisotopic (exact) mass is 216 g/mol. The molecule has 0 fully saturated rings. The van der Waals surface area contributed by atoms with Gasteiger partial charge in [-0.3, -0.25) is 4.79 Å². The Hall–Kier alpha value is -1.34. The number of nitrogens with zero attached hydrogens (tertiary/aromatic N) is 1. The second-order valence-electron chi connectivity index (χ2n) is 2.56. The molecule has 6 nitrogen and oxygen atoms in total. The largest absolute Gasteiger partial charge is 0.383 e. The van der Waals surface area contributed by atoms with E-state index in [0.29, 0.717) is 18.2 Å². The summed E-state index contributed by atoms with van der Waals surface area (Å²) >= 11 is 1.11. The number of ether oxygens (including phenoxy) is 1. The highest BCUT2D eigenvalue weighted by molar-refractivity contribution is 7.11. The van der Waals surface area contributed by atoms with Gasteiger partial charge in [0.05, 0.1) is 6.61 Å². The van der Waals surface area contributed by atoms with E-state index in [0.717, 1.165) is 11.5 Å². The van der Waals surface area contributed by atoms with Crippen LogP contribution in [0, 0.1) is 0 Å². The summed E-state index contributed by atoms with van der Waals surface area (Å²) in [5.74, 6) is -0.404. The first-order chi connectivity index (χ1) is 6.66. The number of primary amides is 1. The van der Waals surface area contributed by atoms with Crippen LogP contribution in [0.5, 0.6) is 0 Å². The molecule has 0 radical (unpaired) electrons. The summed E-state index contributed by atoms with van der Waals surface area (Å²) in [6, 6.07) is 0. The van der Waals surface area contributed by atoms with Crippen molar-refractivity contribution in [2.24, 2.45) is 5.73 Å². The third-order valence-corrected chi connectivity index (χ3v) is 2.38.